The Morgan fingerprint density at radius 3 is 2.62 bits per heavy atom. The second-order valence-electron chi connectivity index (χ2n) is 5.53. The van der Waals surface area contributed by atoms with Crippen molar-refractivity contribution >= 4 is 10.0 Å². The molecule has 0 heterocycles. The lowest BCUT2D eigenvalue weighted by Crippen LogP contribution is -2.41. The molecule has 0 atom stereocenters. The normalized spacial score (nSPS) is 16.7. The number of nitrogens with two attached hydrogens (primary N) is 1. The number of nitrogens with one attached hydrogen (secondary N) is 1. The lowest BCUT2D eigenvalue weighted by atomic mass is 9.67. The molecule has 0 spiro atoms. The number of benzene rings is 1. The van der Waals surface area contributed by atoms with Gasteiger partial charge in [-0.25, -0.2) is 13.1 Å². The molecule has 1 aromatic carbocycles. The van der Waals surface area contributed by atoms with Gasteiger partial charge in [-0.2, -0.15) is 0 Å². The maximum absolute atomic E-state index is 12.5. The fourth-order valence-corrected chi connectivity index (χ4v) is 3.93. The summed E-state index contributed by atoms with van der Waals surface area (Å²) in [5.74, 6) is 5.53. The van der Waals surface area contributed by atoms with Crippen LogP contribution in [-0.4, -0.2) is 21.5 Å². The van der Waals surface area contributed by atoms with Crippen molar-refractivity contribution in [2.75, 3.05) is 13.1 Å². The predicted molar refractivity (Wildman–Crippen MR) is 84.1 cm³/mol. The first-order valence-corrected chi connectivity index (χ1v) is 8.79. The van der Waals surface area contributed by atoms with Gasteiger partial charge < -0.3 is 5.73 Å². The Kier molecular flexibility index (Phi) is 5.04. The zero-order valence-corrected chi connectivity index (χ0v) is 13.2. The van der Waals surface area contributed by atoms with Gasteiger partial charge in [0.15, 0.2) is 0 Å². The Bertz CT molecular complexity index is 647. The molecule has 1 aromatic rings. The molecule has 1 saturated carbocycles. The molecule has 3 N–H and O–H groups in total. The molecule has 114 valence electrons. The summed E-state index contributed by atoms with van der Waals surface area (Å²) in [6, 6.07) is 6.78. The minimum atomic E-state index is -3.53. The highest BCUT2D eigenvalue weighted by molar-refractivity contribution is 7.89. The molecular weight excluding hydrogens is 284 g/mol. The first-order chi connectivity index (χ1) is 10.0. The van der Waals surface area contributed by atoms with Crippen LogP contribution in [-0.2, 0) is 10.0 Å². The first kappa shape index (κ1) is 16.0. The zero-order valence-electron chi connectivity index (χ0n) is 12.4. The molecule has 0 bridgehead atoms. The van der Waals surface area contributed by atoms with Gasteiger partial charge in [-0.15, -0.1) is 0 Å². The van der Waals surface area contributed by atoms with Gasteiger partial charge in [0.05, 0.1) is 11.4 Å². The average molecular weight is 306 g/mol. The van der Waals surface area contributed by atoms with E-state index in [4.69, 9.17) is 5.73 Å². The van der Waals surface area contributed by atoms with Crippen molar-refractivity contribution in [3.63, 3.8) is 0 Å². The van der Waals surface area contributed by atoms with E-state index >= 15 is 0 Å². The van der Waals surface area contributed by atoms with E-state index in [1.165, 1.54) is 6.42 Å². The van der Waals surface area contributed by atoms with Crippen LogP contribution in [0.15, 0.2) is 29.2 Å². The van der Waals surface area contributed by atoms with Gasteiger partial charge in [-0.3, -0.25) is 0 Å². The Morgan fingerprint density at radius 1 is 1.33 bits per heavy atom. The van der Waals surface area contributed by atoms with E-state index in [0.717, 1.165) is 19.3 Å². The first-order valence-electron chi connectivity index (χ1n) is 7.31. The van der Waals surface area contributed by atoms with E-state index in [2.05, 4.69) is 23.5 Å². The van der Waals surface area contributed by atoms with E-state index in [1.54, 1.807) is 24.3 Å². The van der Waals surface area contributed by atoms with Crippen LogP contribution in [0.25, 0.3) is 0 Å². The highest BCUT2D eigenvalue weighted by Crippen LogP contribution is 2.43. The van der Waals surface area contributed by atoms with Crippen molar-refractivity contribution in [3.8, 4) is 11.8 Å². The molecule has 1 fully saturated rings. The molecule has 5 heteroatoms. The SMILES string of the molecule is CCC1(CNS(=O)(=O)c2ccccc2C#CCN)CCC1. The quantitative estimate of drug-likeness (QED) is 0.816. The summed E-state index contributed by atoms with van der Waals surface area (Å²) in [5.41, 5.74) is 6.00. The summed E-state index contributed by atoms with van der Waals surface area (Å²) in [6.45, 7) is 2.83. The molecule has 0 saturated heterocycles. The summed E-state index contributed by atoms with van der Waals surface area (Å²) in [5, 5.41) is 0. The van der Waals surface area contributed by atoms with Crippen LogP contribution >= 0.6 is 0 Å². The number of sulfonamides is 1. The Hall–Kier alpha value is -1.35. The van der Waals surface area contributed by atoms with Gasteiger partial charge >= 0.3 is 0 Å². The molecular formula is C16H22N2O2S. The molecule has 1 aliphatic rings. The topological polar surface area (TPSA) is 72.2 Å². The maximum Gasteiger partial charge on any atom is 0.241 e. The third kappa shape index (κ3) is 3.65. The lowest BCUT2D eigenvalue weighted by molar-refractivity contribution is 0.133. The second-order valence-corrected chi connectivity index (χ2v) is 7.27. The molecule has 4 nitrogen and oxygen atoms in total. The standard InChI is InChI=1S/C16H22N2O2S/c1-2-16(10-6-11-16)13-18-21(19,20)15-9-4-3-7-14(15)8-5-12-17/h3-4,7,9,18H,2,6,10-13,17H2,1H3. The molecule has 21 heavy (non-hydrogen) atoms. The van der Waals surface area contributed by atoms with Crippen molar-refractivity contribution in [3.05, 3.63) is 29.8 Å². The van der Waals surface area contributed by atoms with Crippen LogP contribution in [0.1, 0.15) is 38.2 Å². The summed E-state index contributed by atoms with van der Waals surface area (Å²) in [4.78, 5) is 0.233. The van der Waals surface area contributed by atoms with Gasteiger partial charge in [0.2, 0.25) is 10.0 Å². The van der Waals surface area contributed by atoms with E-state index in [0.29, 0.717) is 12.1 Å². The Balaban J connectivity index is 2.20. The predicted octanol–water partition coefficient (Wildman–Crippen LogP) is 1.86. The van der Waals surface area contributed by atoms with Gasteiger partial charge in [-0.05, 0) is 36.8 Å². The Morgan fingerprint density at radius 2 is 2.05 bits per heavy atom. The summed E-state index contributed by atoms with van der Waals surface area (Å²) < 4.78 is 27.8. The van der Waals surface area contributed by atoms with E-state index in [-0.39, 0.29) is 16.9 Å². The number of hydrogen-bond acceptors (Lipinski definition) is 3. The van der Waals surface area contributed by atoms with E-state index in [1.807, 2.05) is 0 Å². The zero-order chi connectivity index (χ0) is 15.3. The smallest absolute Gasteiger partial charge is 0.241 e. The van der Waals surface area contributed by atoms with Gasteiger partial charge in [0.1, 0.15) is 0 Å². The van der Waals surface area contributed by atoms with Gasteiger partial charge in [-0.1, -0.05) is 37.3 Å². The van der Waals surface area contributed by atoms with E-state index in [9.17, 15) is 8.42 Å². The van der Waals surface area contributed by atoms with Crippen LogP contribution in [0.3, 0.4) is 0 Å². The Labute approximate surface area is 127 Å². The second kappa shape index (κ2) is 6.61. The van der Waals surface area contributed by atoms with Crippen LogP contribution in [0.4, 0.5) is 0 Å². The molecule has 2 rings (SSSR count). The van der Waals surface area contributed by atoms with Crippen LogP contribution in [0, 0.1) is 17.3 Å². The van der Waals surface area contributed by atoms with Crippen molar-refractivity contribution in [2.24, 2.45) is 11.1 Å². The molecule has 0 radical (unpaired) electrons. The molecule has 0 aliphatic heterocycles. The minimum Gasteiger partial charge on any atom is -0.320 e. The summed E-state index contributed by atoms with van der Waals surface area (Å²) >= 11 is 0. The number of hydrogen-bond donors (Lipinski definition) is 2. The fourth-order valence-electron chi connectivity index (χ4n) is 2.61. The summed E-state index contributed by atoms with van der Waals surface area (Å²) in [7, 11) is -3.53. The molecule has 1 aliphatic carbocycles. The van der Waals surface area contributed by atoms with Gasteiger partial charge in [0.25, 0.3) is 0 Å². The van der Waals surface area contributed by atoms with Crippen molar-refractivity contribution < 1.29 is 8.42 Å². The van der Waals surface area contributed by atoms with Gasteiger partial charge in [0, 0.05) is 12.1 Å². The third-order valence-electron chi connectivity index (χ3n) is 4.30. The highest BCUT2D eigenvalue weighted by atomic mass is 32.2. The third-order valence-corrected chi connectivity index (χ3v) is 5.76. The molecule has 0 aromatic heterocycles. The number of rotatable bonds is 5. The lowest BCUT2D eigenvalue weighted by Gasteiger charge is -2.41. The highest BCUT2D eigenvalue weighted by Gasteiger charge is 2.36. The van der Waals surface area contributed by atoms with Crippen molar-refractivity contribution in [1.82, 2.24) is 4.72 Å². The largest absolute Gasteiger partial charge is 0.320 e. The summed E-state index contributed by atoms with van der Waals surface area (Å²) in [6.07, 6.45) is 4.39. The fraction of sp³-hybridized carbons (Fsp3) is 0.500. The molecule has 0 amide bonds. The van der Waals surface area contributed by atoms with Crippen LogP contribution < -0.4 is 10.5 Å². The van der Waals surface area contributed by atoms with Crippen molar-refractivity contribution in [1.29, 1.82) is 0 Å². The average Bonchev–Trinajstić information content (AvgIpc) is 2.44. The van der Waals surface area contributed by atoms with Crippen LogP contribution in [0.2, 0.25) is 0 Å². The monoisotopic (exact) mass is 306 g/mol. The van der Waals surface area contributed by atoms with E-state index < -0.39 is 10.0 Å². The van der Waals surface area contributed by atoms with Crippen molar-refractivity contribution in [2.45, 2.75) is 37.5 Å². The van der Waals surface area contributed by atoms with Crippen LogP contribution in [0.5, 0.6) is 0 Å². The minimum absolute atomic E-state index is 0.144. The molecule has 0 unspecified atom stereocenters. The maximum atomic E-state index is 12.5.